The minimum absolute atomic E-state index is 0.600. The number of aliphatic imine (C=N–C) groups is 1. The number of nitrogens with zero attached hydrogens (tertiary/aromatic N) is 3. The van der Waals surface area contributed by atoms with Gasteiger partial charge in [-0.15, -0.1) is 0 Å². The molecule has 164 valence electrons. The Morgan fingerprint density at radius 1 is 1.20 bits per heavy atom. The molecule has 0 amide bonds. The fourth-order valence-corrected chi connectivity index (χ4v) is 3.27. The van der Waals surface area contributed by atoms with Crippen molar-refractivity contribution in [2.45, 2.75) is 25.8 Å². The van der Waals surface area contributed by atoms with Crippen LogP contribution in [0, 0.1) is 5.92 Å². The van der Waals surface area contributed by atoms with Crippen molar-refractivity contribution in [3.05, 3.63) is 42.2 Å². The van der Waals surface area contributed by atoms with E-state index in [1.165, 1.54) is 0 Å². The van der Waals surface area contributed by atoms with E-state index in [-0.39, 0.29) is 0 Å². The lowest BCUT2D eigenvalue weighted by Gasteiger charge is -2.21. The van der Waals surface area contributed by atoms with Crippen LogP contribution >= 0.6 is 0 Å². The zero-order chi connectivity index (χ0) is 21.0. The normalized spacial score (nSPS) is 15.2. The highest BCUT2D eigenvalue weighted by Gasteiger charge is 2.13. The van der Waals surface area contributed by atoms with Gasteiger partial charge in [-0.3, -0.25) is 4.99 Å². The van der Waals surface area contributed by atoms with E-state index in [9.17, 15) is 0 Å². The maximum Gasteiger partial charge on any atom is 0.191 e. The Morgan fingerprint density at radius 3 is 2.73 bits per heavy atom. The van der Waals surface area contributed by atoms with Crippen molar-refractivity contribution in [2.24, 2.45) is 10.9 Å². The van der Waals surface area contributed by atoms with Gasteiger partial charge in [0.15, 0.2) is 5.96 Å². The molecule has 8 nitrogen and oxygen atoms in total. The quantitative estimate of drug-likeness (QED) is 0.352. The molecule has 0 aliphatic carbocycles. The van der Waals surface area contributed by atoms with Crippen LogP contribution in [0.25, 0.3) is 5.69 Å². The third-order valence-corrected chi connectivity index (χ3v) is 5.09. The Labute approximate surface area is 178 Å². The molecule has 2 aromatic rings. The highest BCUT2D eigenvalue weighted by Crippen LogP contribution is 2.15. The number of benzene rings is 1. The smallest absolute Gasteiger partial charge is 0.191 e. The van der Waals surface area contributed by atoms with Gasteiger partial charge in [-0.2, -0.15) is 5.10 Å². The van der Waals surface area contributed by atoms with Crippen LogP contribution in [0.15, 0.2) is 41.5 Å². The predicted molar refractivity (Wildman–Crippen MR) is 117 cm³/mol. The predicted octanol–water partition coefficient (Wildman–Crippen LogP) is 2.38. The van der Waals surface area contributed by atoms with Crippen LogP contribution in [-0.4, -0.2) is 62.9 Å². The van der Waals surface area contributed by atoms with Crippen molar-refractivity contribution in [3.63, 3.8) is 0 Å². The molecule has 0 unspecified atom stereocenters. The van der Waals surface area contributed by atoms with E-state index in [2.05, 4.69) is 20.7 Å². The van der Waals surface area contributed by atoms with Crippen molar-refractivity contribution >= 4 is 5.96 Å². The number of methoxy groups -OCH3 is 1. The molecule has 8 heteroatoms. The average Bonchev–Trinajstić information content (AvgIpc) is 3.28. The summed E-state index contributed by atoms with van der Waals surface area (Å²) in [4.78, 5) is 4.27. The molecule has 1 aliphatic rings. The van der Waals surface area contributed by atoms with Crippen LogP contribution < -0.4 is 15.4 Å². The number of nitrogens with one attached hydrogen (secondary N) is 2. The highest BCUT2D eigenvalue weighted by atomic mass is 16.5. The van der Waals surface area contributed by atoms with Crippen LogP contribution in [-0.2, 0) is 16.0 Å². The van der Waals surface area contributed by atoms with Crippen molar-refractivity contribution in [1.82, 2.24) is 20.4 Å². The third kappa shape index (κ3) is 7.03. The molecule has 1 aromatic heterocycles. The Bertz CT molecular complexity index is 769. The summed E-state index contributed by atoms with van der Waals surface area (Å²) in [5.41, 5.74) is 1.93. The lowest BCUT2D eigenvalue weighted by molar-refractivity contribution is 0.0203. The van der Waals surface area contributed by atoms with Gasteiger partial charge in [0.2, 0.25) is 0 Å². The van der Waals surface area contributed by atoms with Gasteiger partial charge in [0.1, 0.15) is 5.75 Å². The summed E-state index contributed by atoms with van der Waals surface area (Å²) in [5.74, 6) is 2.24. The van der Waals surface area contributed by atoms with Crippen LogP contribution in [0.5, 0.6) is 5.75 Å². The van der Waals surface area contributed by atoms with Gasteiger partial charge >= 0.3 is 0 Å². The van der Waals surface area contributed by atoms with Gasteiger partial charge in [0, 0.05) is 46.2 Å². The molecule has 0 bridgehead atoms. The SMILES string of the molecule is CN=C(NCCCOCC1CCOCC1)NCc1ccn(-c2ccc(OC)cc2)n1. The fourth-order valence-electron chi connectivity index (χ4n) is 3.27. The second-order valence-corrected chi connectivity index (χ2v) is 7.29. The summed E-state index contributed by atoms with van der Waals surface area (Å²) in [6.07, 6.45) is 5.12. The number of rotatable bonds is 10. The van der Waals surface area contributed by atoms with Gasteiger partial charge in [-0.05, 0) is 55.5 Å². The molecule has 0 spiro atoms. The maximum atomic E-state index is 5.80. The first kappa shape index (κ1) is 22.1. The summed E-state index contributed by atoms with van der Waals surface area (Å²) >= 11 is 0. The molecule has 0 radical (unpaired) electrons. The number of hydrogen-bond donors (Lipinski definition) is 2. The van der Waals surface area contributed by atoms with Gasteiger partial charge in [0.05, 0.1) is 25.0 Å². The minimum atomic E-state index is 0.600. The van der Waals surface area contributed by atoms with Gasteiger partial charge in [-0.1, -0.05) is 0 Å². The van der Waals surface area contributed by atoms with Crippen molar-refractivity contribution in [3.8, 4) is 11.4 Å². The van der Waals surface area contributed by atoms with E-state index in [0.717, 1.165) is 75.3 Å². The van der Waals surface area contributed by atoms with Gasteiger partial charge < -0.3 is 24.8 Å². The number of aromatic nitrogens is 2. The summed E-state index contributed by atoms with van der Waals surface area (Å²) in [5, 5.41) is 11.2. The summed E-state index contributed by atoms with van der Waals surface area (Å²) in [7, 11) is 3.43. The van der Waals surface area contributed by atoms with E-state index in [1.807, 2.05) is 41.2 Å². The van der Waals surface area contributed by atoms with E-state index < -0.39 is 0 Å². The zero-order valence-corrected chi connectivity index (χ0v) is 18.0. The molecular formula is C22H33N5O3. The second kappa shape index (κ2) is 12.2. The largest absolute Gasteiger partial charge is 0.497 e. The monoisotopic (exact) mass is 415 g/mol. The molecule has 1 aromatic carbocycles. The molecule has 1 aliphatic heterocycles. The fraction of sp³-hybridized carbons (Fsp3) is 0.545. The first-order valence-electron chi connectivity index (χ1n) is 10.6. The van der Waals surface area contributed by atoms with Gasteiger partial charge in [0.25, 0.3) is 0 Å². The molecule has 30 heavy (non-hydrogen) atoms. The van der Waals surface area contributed by atoms with Crippen LogP contribution in [0.1, 0.15) is 25.0 Å². The number of guanidine groups is 1. The van der Waals surface area contributed by atoms with Crippen LogP contribution in [0.2, 0.25) is 0 Å². The molecule has 0 saturated carbocycles. The van der Waals surface area contributed by atoms with E-state index in [0.29, 0.717) is 12.5 Å². The molecule has 0 atom stereocenters. The summed E-state index contributed by atoms with van der Waals surface area (Å²) < 4.78 is 18.2. The Hall–Kier alpha value is -2.58. The molecular weight excluding hydrogens is 382 g/mol. The summed E-state index contributed by atoms with van der Waals surface area (Å²) in [6.45, 7) is 4.75. The molecule has 2 heterocycles. The standard InChI is InChI=1S/C22H33N5O3/c1-23-22(24-11-3-13-30-17-18-9-14-29-15-10-18)25-16-19-8-12-27(26-19)20-4-6-21(28-2)7-5-20/h4-8,12,18H,3,9-11,13-17H2,1-2H3,(H2,23,24,25). The van der Waals surface area contributed by atoms with Crippen LogP contribution in [0.3, 0.4) is 0 Å². The van der Waals surface area contributed by atoms with E-state index in [1.54, 1.807) is 14.2 Å². The van der Waals surface area contributed by atoms with E-state index in [4.69, 9.17) is 14.2 Å². The van der Waals surface area contributed by atoms with Crippen LogP contribution in [0.4, 0.5) is 0 Å². The average molecular weight is 416 g/mol. The third-order valence-electron chi connectivity index (χ3n) is 5.09. The number of ether oxygens (including phenoxy) is 3. The summed E-state index contributed by atoms with van der Waals surface area (Å²) in [6, 6.07) is 9.80. The Kier molecular flexibility index (Phi) is 8.99. The second-order valence-electron chi connectivity index (χ2n) is 7.29. The molecule has 3 rings (SSSR count). The Morgan fingerprint density at radius 2 is 2.00 bits per heavy atom. The zero-order valence-electron chi connectivity index (χ0n) is 18.0. The topological polar surface area (TPSA) is 81.9 Å². The minimum Gasteiger partial charge on any atom is -0.497 e. The first-order valence-corrected chi connectivity index (χ1v) is 10.6. The van der Waals surface area contributed by atoms with Crippen molar-refractivity contribution < 1.29 is 14.2 Å². The maximum absolute atomic E-state index is 5.80. The Balaban J connectivity index is 1.32. The lowest BCUT2D eigenvalue weighted by atomic mass is 10.0. The van der Waals surface area contributed by atoms with E-state index >= 15 is 0 Å². The number of hydrogen-bond acceptors (Lipinski definition) is 5. The van der Waals surface area contributed by atoms with Crippen molar-refractivity contribution in [2.75, 3.05) is 47.1 Å². The molecule has 2 N–H and O–H groups in total. The molecule has 1 saturated heterocycles. The first-order chi connectivity index (χ1) is 14.8. The van der Waals surface area contributed by atoms with Crippen molar-refractivity contribution in [1.29, 1.82) is 0 Å². The van der Waals surface area contributed by atoms with Gasteiger partial charge in [-0.25, -0.2) is 4.68 Å². The molecule has 1 fully saturated rings. The highest BCUT2D eigenvalue weighted by molar-refractivity contribution is 5.79. The lowest BCUT2D eigenvalue weighted by Crippen LogP contribution is -2.37.